The molecule has 0 N–H and O–H groups in total. The van der Waals surface area contributed by atoms with Crippen LogP contribution in [0.5, 0.6) is 0 Å². The average molecular weight is 338 g/mol. The molecule has 0 saturated carbocycles. The van der Waals surface area contributed by atoms with Gasteiger partial charge >= 0.3 is 0 Å². The average Bonchev–Trinajstić information content (AvgIpc) is 2.62. The lowest BCUT2D eigenvalue weighted by Gasteiger charge is -2.38. The van der Waals surface area contributed by atoms with E-state index in [9.17, 15) is 4.79 Å². The summed E-state index contributed by atoms with van der Waals surface area (Å²) in [4.78, 5) is 19.0. The molecule has 3 rings (SSSR count). The van der Waals surface area contributed by atoms with Gasteiger partial charge in [-0.15, -0.1) is 0 Å². The Balaban J connectivity index is 1.73. The molecule has 0 spiro atoms. The molecular formula is C21H26N2O2. The number of piperidine rings is 1. The third-order valence-corrected chi connectivity index (χ3v) is 4.99. The fourth-order valence-corrected chi connectivity index (χ4v) is 3.62. The zero-order valence-corrected chi connectivity index (χ0v) is 15.2. The molecule has 25 heavy (non-hydrogen) atoms. The monoisotopic (exact) mass is 338 g/mol. The SMILES string of the molecule is CO[C@@H]1CCN(C(=O)c2ccc(C)nc2)C[C@H]1Cc1cccc(C)c1. The number of methoxy groups -OCH3 is 1. The third-order valence-electron chi connectivity index (χ3n) is 4.99. The lowest BCUT2D eigenvalue weighted by molar-refractivity contribution is -0.00301. The molecule has 1 aliphatic heterocycles. The Hall–Kier alpha value is -2.20. The maximum absolute atomic E-state index is 12.8. The predicted octanol–water partition coefficient (Wildman–Crippen LogP) is 3.42. The van der Waals surface area contributed by atoms with Crippen LogP contribution in [0.25, 0.3) is 0 Å². The largest absolute Gasteiger partial charge is 0.381 e. The lowest BCUT2D eigenvalue weighted by Crippen LogP contribution is -2.47. The Labute approximate surface area is 149 Å². The number of aromatic nitrogens is 1. The van der Waals surface area contributed by atoms with Gasteiger partial charge in [-0.2, -0.15) is 0 Å². The van der Waals surface area contributed by atoms with Crippen LogP contribution in [0.4, 0.5) is 0 Å². The number of rotatable bonds is 4. The van der Waals surface area contributed by atoms with Crippen LogP contribution in [0.2, 0.25) is 0 Å². The van der Waals surface area contributed by atoms with Gasteiger partial charge in [0, 0.05) is 38.0 Å². The Morgan fingerprint density at radius 1 is 1.28 bits per heavy atom. The Morgan fingerprint density at radius 3 is 2.80 bits per heavy atom. The fraction of sp³-hybridized carbons (Fsp3) is 0.429. The topological polar surface area (TPSA) is 42.4 Å². The van der Waals surface area contributed by atoms with Gasteiger partial charge in [0.2, 0.25) is 0 Å². The minimum Gasteiger partial charge on any atom is -0.381 e. The highest BCUT2D eigenvalue weighted by atomic mass is 16.5. The number of nitrogens with zero attached hydrogens (tertiary/aromatic N) is 2. The first-order valence-corrected chi connectivity index (χ1v) is 8.87. The number of carbonyl (C=O) groups is 1. The van der Waals surface area contributed by atoms with Crippen molar-refractivity contribution in [1.29, 1.82) is 0 Å². The zero-order chi connectivity index (χ0) is 17.8. The molecule has 2 aromatic rings. The molecule has 0 bridgehead atoms. The third kappa shape index (κ3) is 4.26. The van der Waals surface area contributed by atoms with Gasteiger partial charge in [-0.3, -0.25) is 9.78 Å². The van der Waals surface area contributed by atoms with Crippen LogP contribution >= 0.6 is 0 Å². The minimum absolute atomic E-state index is 0.0660. The number of pyridine rings is 1. The van der Waals surface area contributed by atoms with Crippen molar-refractivity contribution >= 4 is 5.91 Å². The highest BCUT2D eigenvalue weighted by molar-refractivity contribution is 5.94. The van der Waals surface area contributed by atoms with Gasteiger partial charge in [0.25, 0.3) is 5.91 Å². The van der Waals surface area contributed by atoms with Gasteiger partial charge in [-0.05, 0) is 44.4 Å². The van der Waals surface area contributed by atoms with E-state index in [0.717, 1.165) is 31.6 Å². The smallest absolute Gasteiger partial charge is 0.255 e. The summed E-state index contributed by atoms with van der Waals surface area (Å²) in [5, 5.41) is 0. The molecule has 0 unspecified atom stereocenters. The number of hydrogen-bond donors (Lipinski definition) is 0. The van der Waals surface area contributed by atoms with Crippen molar-refractivity contribution in [2.45, 2.75) is 32.8 Å². The van der Waals surface area contributed by atoms with Crippen molar-refractivity contribution in [3.05, 3.63) is 65.0 Å². The van der Waals surface area contributed by atoms with E-state index in [1.807, 2.05) is 24.0 Å². The second kappa shape index (κ2) is 7.79. The van der Waals surface area contributed by atoms with Crippen LogP contribution in [-0.2, 0) is 11.2 Å². The number of aryl methyl sites for hydroxylation is 2. The van der Waals surface area contributed by atoms with E-state index in [0.29, 0.717) is 11.5 Å². The molecule has 1 aromatic heterocycles. The quantitative estimate of drug-likeness (QED) is 0.858. The Kier molecular flexibility index (Phi) is 5.49. The van der Waals surface area contributed by atoms with Gasteiger partial charge in [0.05, 0.1) is 11.7 Å². The molecule has 2 atom stereocenters. The standard InChI is InChI=1S/C21H26N2O2/c1-15-5-4-6-17(11-15)12-19-14-23(10-9-20(19)25-3)21(24)18-8-7-16(2)22-13-18/h4-8,11,13,19-20H,9-10,12,14H2,1-3H3/t19-,20-/m1/s1. The molecule has 132 valence electrons. The minimum atomic E-state index is 0.0660. The van der Waals surface area contributed by atoms with Crippen LogP contribution in [-0.4, -0.2) is 42.1 Å². The molecule has 0 radical (unpaired) electrons. The van der Waals surface area contributed by atoms with Crippen molar-refractivity contribution in [3.63, 3.8) is 0 Å². The second-order valence-electron chi connectivity index (χ2n) is 6.96. The van der Waals surface area contributed by atoms with Crippen LogP contribution in [0, 0.1) is 19.8 Å². The van der Waals surface area contributed by atoms with E-state index >= 15 is 0 Å². The summed E-state index contributed by atoms with van der Waals surface area (Å²) < 4.78 is 5.71. The van der Waals surface area contributed by atoms with E-state index in [2.05, 4.69) is 36.2 Å². The van der Waals surface area contributed by atoms with E-state index in [1.165, 1.54) is 11.1 Å². The summed E-state index contributed by atoms with van der Waals surface area (Å²) in [7, 11) is 1.77. The summed E-state index contributed by atoms with van der Waals surface area (Å²) in [5.41, 5.74) is 4.15. The zero-order valence-electron chi connectivity index (χ0n) is 15.2. The fourth-order valence-electron chi connectivity index (χ4n) is 3.62. The molecule has 4 nitrogen and oxygen atoms in total. The first-order valence-electron chi connectivity index (χ1n) is 8.87. The second-order valence-corrected chi connectivity index (χ2v) is 6.96. The van der Waals surface area contributed by atoms with E-state index < -0.39 is 0 Å². The van der Waals surface area contributed by atoms with Crippen LogP contribution in [0.3, 0.4) is 0 Å². The van der Waals surface area contributed by atoms with Gasteiger partial charge in [-0.1, -0.05) is 29.8 Å². The number of ether oxygens (including phenoxy) is 1. The highest BCUT2D eigenvalue weighted by Crippen LogP contribution is 2.25. The molecule has 1 amide bonds. The van der Waals surface area contributed by atoms with E-state index in [-0.39, 0.29) is 12.0 Å². The molecule has 4 heteroatoms. The van der Waals surface area contributed by atoms with Gasteiger partial charge < -0.3 is 9.64 Å². The number of hydrogen-bond acceptors (Lipinski definition) is 3. The summed E-state index contributed by atoms with van der Waals surface area (Å²) in [6.07, 6.45) is 3.67. The predicted molar refractivity (Wildman–Crippen MR) is 98.7 cm³/mol. The maximum atomic E-state index is 12.8. The number of likely N-dealkylation sites (tertiary alicyclic amines) is 1. The molecule has 1 aliphatic rings. The molecule has 1 saturated heterocycles. The summed E-state index contributed by atoms with van der Waals surface area (Å²) >= 11 is 0. The van der Waals surface area contributed by atoms with Gasteiger partial charge in [0.15, 0.2) is 0 Å². The normalized spacial score (nSPS) is 20.5. The molecule has 1 fully saturated rings. The van der Waals surface area contributed by atoms with Gasteiger partial charge in [-0.25, -0.2) is 0 Å². The first-order chi connectivity index (χ1) is 12.1. The van der Waals surface area contributed by atoms with Crippen LogP contribution in [0.1, 0.15) is 33.6 Å². The molecule has 1 aromatic carbocycles. The number of benzene rings is 1. The van der Waals surface area contributed by atoms with Gasteiger partial charge in [0.1, 0.15) is 0 Å². The van der Waals surface area contributed by atoms with Crippen molar-refractivity contribution in [2.75, 3.05) is 20.2 Å². The highest BCUT2D eigenvalue weighted by Gasteiger charge is 2.32. The van der Waals surface area contributed by atoms with Crippen LogP contribution in [0.15, 0.2) is 42.6 Å². The van der Waals surface area contributed by atoms with E-state index in [4.69, 9.17) is 4.74 Å². The van der Waals surface area contributed by atoms with Crippen molar-refractivity contribution in [1.82, 2.24) is 9.88 Å². The Bertz CT molecular complexity index is 727. The molecular weight excluding hydrogens is 312 g/mol. The van der Waals surface area contributed by atoms with E-state index in [1.54, 1.807) is 13.3 Å². The number of carbonyl (C=O) groups excluding carboxylic acids is 1. The maximum Gasteiger partial charge on any atom is 0.255 e. The Morgan fingerprint density at radius 2 is 2.12 bits per heavy atom. The van der Waals surface area contributed by atoms with Crippen molar-refractivity contribution in [2.24, 2.45) is 5.92 Å². The molecule has 2 heterocycles. The molecule has 0 aliphatic carbocycles. The summed E-state index contributed by atoms with van der Waals surface area (Å²) in [6, 6.07) is 12.3. The number of amides is 1. The summed E-state index contributed by atoms with van der Waals surface area (Å²) in [6.45, 7) is 5.49. The first kappa shape index (κ1) is 17.6. The lowest BCUT2D eigenvalue weighted by atomic mass is 9.88. The summed E-state index contributed by atoms with van der Waals surface area (Å²) in [5.74, 6) is 0.374. The van der Waals surface area contributed by atoms with Crippen molar-refractivity contribution < 1.29 is 9.53 Å². The van der Waals surface area contributed by atoms with Crippen molar-refractivity contribution in [3.8, 4) is 0 Å². The van der Waals surface area contributed by atoms with Crippen LogP contribution < -0.4 is 0 Å².